The molecule has 1 aromatic carbocycles. The lowest BCUT2D eigenvalue weighted by Gasteiger charge is -2.25. The molecule has 0 aliphatic rings. The van der Waals surface area contributed by atoms with Crippen molar-refractivity contribution in [1.82, 2.24) is 0 Å². The Morgan fingerprint density at radius 2 is 2.05 bits per heavy atom. The minimum Gasteiger partial charge on any atom is -0.477 e. The highest BCUT2D eigenvalue weighted by Gasteiger charge is 2.31. The first-order chi connectivity index (χ1) is 9.65. The van der Waals surface area contributed by atoms with Crippen LogP contribution in [0.5, 0.6) is 0 Å². The van der Waals surface area contributed by atoms with Crippen LogP contribution >= 0.6 is 0 Å². The Labute approximate surface area is 117 Å². The van der Waals surface area contributed by atoms with Crippen LogP contribution < -0.4 is 4.90 Å². The van der Waals surface area contributed by atoms with Crippen LogP contribution in [0.4, 0.5) is 24.5 Å². The molecule has 0 saturated carbocycles. The highest BCUT2D eigenvalue weighted by Crippen LogP contribution is 2.27. The van der Waals surface area contributed by atoms with Gasteiger partial charge in [-0.3, -0.25) is 10.1 Å². The van der Waals surface area contributed by atoms with Crippen LogP contribution in [0.25, 0.3) is 0 Å². The molecule has 0 bridgehead atoms. The molecule has 1 aromatic rings. The third-order valence-electron chi connectivity index (χ3n) is 2.64. The van der Waals surface area contributed by atoms with Gasteiger partial charge in [0.1, 0.15) is 12.1 Å². The Balaban J connectivity index is 3.24. The number of carbonyl (C=O) groups is 1. The molecule has 0 amide bonds. The minimum atomic E-state index is -4.46. The van der Waals surface area contributed by atoms with E-state index < -0.39 is 34.9 Å². The predicted octanol–water partition coefficient (Wildman–Crippen LogP) is 3.07. The Hall–Kier alpha value is -2.32. The highest BCUT2D eigenvalue weighted by molar-refractivity contribution is 5.93. The van der Waals surface area contributed by atoms with E-state index in [0.717, 1.165) is 23.1 Å². The zero-order valence-electron chi connectivity index (χ0n) is 11.1. The molecule has 0 radical (unpaired) electrons. The fraction of sp³-hybridized carbons (Fsp3) is 0.417. The summed E-state index contributed by atoms with van der Waals surface area (Å²) >= 11 is 0. The van der Waals surface area contributed by atoms with Crippen molar-refractivity contribution < 1.29 is 28.0 Å². The second-order valence-corrected chi connectivity index (χ2v) is 4.30. The molecule has 21 heavy (non-hydrogen) atoms. The number of nitrogens with zero attached hydrogens (tertiary/aromatic N) is 2. The molecule has 116 valence electrons. The van der Waals surface area contributed by atoms with Crippen LogP contribution in [0.2, 0.25) is 0 Å². The monoisotopic (exact) mass is 306 g/mol. The smallest absolute Gasteiger partial charge is 0.405 e. The number of nitro benzene ring substituents is 1. The summed E-state index contributed by atoms with van der Waals surface area (Å²) in [4.78, 5) is 21.8. The topological polar surface area (TPSA) is 83.7 Å². The van der Waals surface area contributed by atoms with Crippen molar-refractivity contribution in [1.29, 1.82) is 0 Å². The van der Waals surface area contributed by atoms with Gasteiger partial charge in [-0.1, -0.05) is 6.92 Å². The number of alkyl halides is 3. The lowest BCUT2D eigenvalue weighted by molar-refractivity contribution is -0.385. The van der Waals surface area contributed by atoms with Crippen molar-refractivity contribution in [3.8, 4) is 0 Å². The Morgan fingerprint density at radius 1 is 1.43 bits per heavy atom. The molecule has 0 aliphatic carbocycles. The first-order valence-electron chi connectivity index (χ1n) is 5.99. The summed E-state index contributed by atoms with van der Waals surface area (Å²) in [6.07, 6.45) is -4.05. The summed E-state index contributed by atoms with van der Waals surface area (Å²) in [6, 6.07) is 2.91. The van der Waals surface area contributed by atoms with Gasteiger partial charge >= 0.3 is 12.1 Å². The predicted molar refractivity (Wildman–Crippen MR) is 68.6 cm³/mol. The van der Waals surface area contributed by atoms with E-state index in [-0.39, 0.29) is 12.2 Å². The third kappa shape index (κ3) is 4.62. The van der Waals surface area contributed by atoms with Crippen LogP contribution in [-0.4, -0.2) is 35.3 Å². The van der Waals surface area contributed by atoms with Gasteiger partial charge in [-0.05, 0) is 18.6 Å². The number of halogens is 3. The number of carboxylic acids is 1. The zero-order valence-corrected chi connectivity index (χ0v) is 11.1. The number of aromatic carboxylic acids is 1. The molecule has 0 saturated heterocycles. The quantitative estimate of drug-likeness (QED) is 0.645. The molecule has 6 nitrogen and oxygen atoms in total. The number of benzene rings is 1. The lowest BCUT2D eigenvalue weighted by Crippen LogP contribution is -2.35. The molecule has 0 aromatic heterocycles. The largest absolute Gasteiger partial charge is 0.477 e. The van der Waals surface area contributed by atoms with E-state index in [1.165, 1.54) is 0 Å². The van der Waals surface area contributed by atoms with Gasteiger partial charge in [-0.2, -0.15) is 13.2 Å². The van der Waals surface area contributed by atoms with Crippen LogP contribution in [0.15, 0.2) is 18.2 Å². The molecule has 0 heterocycles. The van der Waals surface area contributed by atoms with E-state index in [2.05, 4.69) is 0 Å². The third-order valence-corrected chi connectivity index (χ3v) is 2.64. The van der Waals surface area contributed by atoms with Crippen LogP contribution in [0.1, 0.15) is 23.7 Å². The summed E-state index contributed by atoms with van der Waals surface area (Å²) in [5, 5.41) is 19.6. The number of hydrogen-bond acceptors (Lipinski definition) is 4. The fourth-order valence-corrected chi connectivity index (χ4v) is 1.84. The van der Waals surface area contributed by atoms with E-state index in [9.17, 15) is 28.1 Å². The Bertz CT molecular complexity index is 546. The van der Waals surface area contributed by atoms with Crippen molar-refractivity contribution in [3.05, 3.63) is 33.9 Å². The first kappa shape index (κ1) is 16.7. The second-order valence-electron chi connectivity index (χ2n) is 4.30. The molecule has 1 rings (SSSR count). The Morgan fingerprint density at radius 3 is 2.48 bits per heavy atom. The van der Waals surface area contributed by atoms with E-state index >= 15 is 0 Å². The van der Waals surface area contributed by atoms with Gasteiger partial charge < -0.3 is 10.0 Å². The number of rotatable bonds is 6. The number of carboxylic acid groups (broad SMARTS) is 1. The van der Waals surface area contributed by atoms with Crippen molar-refractivity contribution >= 4 is 17.3 Å². The molecule has 0 fully saturated rings. The number of anilines is 1. The van der Waals surface area contributed by atoms with E-state index in [1.807, 2.05) is 0 Å². The lowest BCUT2D eigenvalue weighted by atomic mass is 10.1. The molecule has 0 spiro atoms. The van der Waals surface area contributed by atoms with Gasteiger partial charge in [0.15, 0.2) is 0 Å². The van der Waals surface area contributed by atoms with Gasteiger partial charge in [0.2, 0.25) is 0 Å². The van der Waals surface area contributed by atoms with Crippen molar-refractivity contribution in [2.75, 3.05) is 18.0 Å². The SMILES string of the molecule is CCCN(CC(F)(F)F)c1ccc([N+](=O)[O-])c(C(=O)O)c1. The summed E-state index contributed by atoms with van der Waals surface area (Å²) < 4.78 is 37.5. The summed E-state index contributed by atoms with van der Waals surface area (Å²) in [7, 11) is 0. The minimum absolute atomic E-state index is 0.0165. The Kier molecular flexibility index (Phi) is 5.12. The van der Waals surface area contributed by atoms with Crippen LogP contribution in [0.3, 0.4) is 0 Å². The highest BCUT2D eigenvalue weighted by atomic mass is 19.4. The maximum Gasteiger partial charge on any atom is 0.405 e. The normalized spacial score (nSPS) is 11.2. The molecular formula is C12H13F3N2O4. The molecular weight excluding hydrogens is 293 g/mol. The average molecular weight is 306 g/mol. The fourth-order valence-electron chi connectivity index (χ4n) is 1.84. The standard InChI is InChI=1S/C12H13F3N2O4/c1-2-5-16(7-12(13,14)15)8-3-4-10(17(20)21)9(6-8)11(18)19/h3-4,6H,2,5,7H2,1H3,(H,18,19). The molecule has 0 unspecified atom stereocenters. The van der Waals surface area contributed by atoms with Gasteiger partial charge in [-0.25, -0.2) is 4.79 Å². The molecule has 1 N–H and O–H groups in total. The second kappa shape index (κ2) is 6.42. The number of hydrogen-bond donors (Lipinski definition) is 1. The van der Waals surface area contributed by atoms with E-state index in [0.29, 0.717) is 6.42 Å². The van der Waals surface area contributed by atoms with Crippen LogP contribution in [-0.2, 0) is 0 Å². The molecule has 9 heteroatoms. The van der Waals surface area contributed by atoms with Gasteiger partial charge in [0.05, 0.1) is 4.92 Å². The summed E-state index contributed by atoms with van der Waals surface area (Å²) in [5.74, 6) is -1.56. The van der Waals surface area contributed by atoms with E-state index in [1.54, 1.807) is 6.92 Å². The number of nitro groups is 1. The first-order valence-corrected chi connectivity index (χ1v) is 5.99. The average Bonchev–Trinajstić information content (AvgIpc) is 2.35. The van der Waals surface area contributed by atoms with Crippen molar-refractivity contribution in [2.45, 2.75) is 19.5 Å². The van der Waals surface area contributed by atoms with Gasteiger partial charge in [0, 0.05) is 18.3 Å². The van der Waals surface area contributed by atoms with Gasteiger partial charge in [0.25, 0.3) is 5.69 Å². The van der Waals surface area contributed by atoms with Gasteiger partial charge in [-0.15, -0.1) is 0 Å². The van der Waals surface area contributed by atoms with Crippen molar-refractivity contribution in [2.24, 2.45) is 0 Å². The maximum absolute atomic E-state index is 12.5. The maximum atomic E-state index is 12.5. The molecule has 0 atom stereocenters. The summed E-state index contributed by atoms with van der Waals surface area (Å²) in [5.41, 5.74) is -1.31. The zero-order chi connectivity index (χ0) is 16.2. The van der Waals surface area contributed by atoms with Crippen molar-refractivity contribution in [3.63, 3.8) is 0 Å². The summed E-state index contributed by atoms with van der Waals surface area (Å²) in [6.45, 7) is 0.473. The van der Waals surface area contributed by atoms with E-state index in [4.69, 9.17) is 5.11 Å². The molecule has 0 aliphatic heterocycles. The van der Waals surface area contributed by atoms with Crippen LogP contribution in [0, 0.1) is 10.1 Å².